The Hall–Kier alpha value is -3.41. The number of aliphatic hydroxyl groups excluding tert-OH is 1. The zero-order valence-corrected chi connectivity index (χ0v) is 21.1. The molecule has 0 radical (unpaired) electrons. The lowest BCUT2D eigenvalue weighted by atomic mass is 9.70. The number of nitrogens with zero attached hydrogens (tertiary/aromatic N) is 1. The summed E-state index contributed by atoms with van der Waals surface area (Å²) in [5.41, 5.74) is 1.45. The van der Waals surface area contributed by atoms with Crippen LogP contribution in [-0.4, -0.2) is 25.6 Å². The van der Waals surface area contributed by atoms with Gasteiger partial charge in [0.05, 0.1) is 28.6 Å². The van der Waals surface area contributed by atoms with Crippen molar-refractivity contribution in [2.75, 3.05) is 4.72 Å². The standard InChI is InChI=1S/C28H30N2O5S/c1-18(2)25(26-27(31)23-10-5-3-4-6-11-24(23)35-28(26)32)20-8-7-9-21(16-20)30-36(33,34)22-14-12-19(17-29)13-15-22/h4,6-9,11-16,18,23,25-27,30-31H,3,5,10H2,1-2H3. The van der Waals surface area contributed by atoms with Gasteiger partial charge in [0.2, 0.25) is 0 Å². The van der Waals surface area contributed by atoms with Crippen LogP contribution in [0.1, 0.15) is 50.2 Å². The molecule has 1 heterocycles. The summed E-state index contributed by atoms with van der Waals surface area (Å²) < 4.78 is 34.2. The lowest BCUT2D eigenvalue weighted by molar-refractivity contribution is -0.161. The zero-order valence-electron chi connectivity index (χ0n) is 20.3. The molecule has 36 heavy (non-hydrogen) atoms. The van der Waals surface area contributed by atoms with Crippen molar-refractivity contribution in [3.63, 3.8) is 0 Å². The van der Waals surface area contributed by atoms with Crippen LogP contribution in [0.3, 0.4) is 0 Å². The van der Waals surface area contributed by atoms with Gasteiger partial charge >= 0.3 is 5.97 Å². The molecule has 1 saturated heterocycles. The topological polar surface area (TPSA) is 116 Å². The van der Waals surface area contributed by atoms with Crippen molar-refractivity contribution in [3.05, 3.63) is 83.6 Å². The predicted molar refractivity (Wildman–Crippen MR) is 136 cm³/mol. The van der Waals surface area contributed by atoms with Crippen LogP contribution >= 0.6 is 0 Å². The Morgan fingerprint density at radius 1 is 1.17 bits per heavy atom. The number of ether oxygens (including phenoxy) is 1. The van der Waals surface area contributed by atoms with Crippen molar-refractivity contribution in [3.8, 4) is 6.07 Å². The van der Waals surface area contributed by atoms with E-state index in [4.69, 9.17) is 10.00 Å². The number of sulfonamides is 1. The summed E-state index contributed by atoms with van der Waals surface area (Å²) in [5.74, 6) is -1.42. The summed E-state index contributed by atoms with van der Waals surface area (Å²) >= 11 is 0. The molecule has 1 aliphatic heterocycles. The first-order valence-electron chi connectivity index (χ1n) is 12.1. The number of carbonyl (C=O) groups excluding carboxylic acids is 1. The number of hydrogen-bond acceptors (Lipinski definition) is 6. The van der Waals surface area contributed by atoms with Crippen LogP contribution < -0.4 is 4.72 Å². The number of anilines is 1. The van der Waals surface area contributed by atoms with Crippen LogP contribution in [0, 0.1) is 29.1 Å². The highest BCUT2D eigenvalue weighted by Crippen LogP contribution is 2.44. The van der Waals surface area contributed by atoms with Gasteiger partial charge in [-0.15, -0.1) is 0 Å². The van der Waals surface area contributed by atoms with E-state index in [1.807, 2.05) is 38.1 Å². The van der Waals surface area contributed by atoms with Gasteiger partial charge in [0, 0.05) is 17.5 Å². The first-order valence-corrected chi connectivity index (χ1v) is 13.6. The molecule has 2 aromatic rings. The van der Waals surface area contributed by atoms with Crippen molar-refractivity contribution in [2.45, 2.75) is 50.0 Å². The van der Waals surface area contributed by atoms with Gasteiger partial charge in [-0.25, -0.2) is 8.42 Å². The van der Waals surface area contributed by atoms with E-state index < -0.39 is 28.0 Å². The second kappa shape index (κ2) is 10.7. The fraction of sp³-hybridized carbons (Fsp3) is 0.357. The van der Waals surface area contributed by atoms with Crippen molar-refractivity contribution < 1.29 is 23.1 Å². The van der Waals surface area contributed by atoms with Crippen LogP contribution in [0.2, 0.25) is 0 Å². The number of aliphatic hydroxyl groups is 1. The van der Waals surface area contributed by atoms with E-state index in [0.29, 0.717) is 17.0 Å². The number of nitriles is 1. The van der Waals surface area contributed by atoms with E-state index in [-0.39, 0.29) is 22.6 Å². The van der Waals surface area contributed by atoms with Gasteiger partial charge in [-0.05, 0) is 73.2 Å². The molecule has 0 bridgehead atoms. The van der Waals surface area contributed by atoms with Crippen LogP contribution in [-0.2, 0) is 19.6 Å². The third-order valence-electron chi connectivity index (χ3n) is 6.84. The quantitative estimate of drug-likeness (QED) is 0.540. The van der Waals surface area contributed by atoms with Crippen LogP contribution in [0.15, 0.2) is 77.4 Å². The molecule has 2 aromatic carbocycles. The maximum atomic E-state index is 13.1. The highest BCUT2D eigenvalue weighted by molar-refractivity contribution is 7.92. The molecule has 0 spiro atoms. The molecule has 4 atom stereocenters. The van der Waals surface area contributed by atoms with Crippen molar-refractivity contribution >= 4 is 21.7 Å². The number of carbonyl (C=O) groups is 1. The summed E-state index contributed by atoms with van der Waals surface area (Å²) in [7, 11) is -3.89. The SMILES string of the molecule is CC(C)C(c1cccc(NS(=O)(=O)c2ccc(C#N)cc2)c1)C1C(=O)OC2=CC=CCCCC2C1O. The minimum Gasteiger partial charge on any atom is -0.430 e. The van der Waals surface area contributed by atoms with E-state index in [9.17, 15) is 18.3 Å². The Bertz CT molecular complexity index is 1320. The molecule has 0 saturated carbocycles. The van der Waals surface area contributed by atoms with E-state index in [0.717, 1.165) is 24.8 Å². The van der Waals surface area contributed by atoms with Gasteiger partial charge in [-0.1, -0.05) is 38.1 Å². The molecule has 4 rings (SSSR count). The Balaban J connectivity index is 1.63. The number of nitrogens with one attached hydrogen (secondary N) is 1. The molecule has 7 nitrogen and oxygen atoms in total. The molecule has 1 fully saturated rings. The minimum absolute atomic E-state index is 0.0263. The van der Waals surface area contributed by atoms with E-state index in [1.165, 1.54) is 24.3 Å². The van der Waals surface area contributed by atoms with Gasteiger partial charge in [-0.2, -0.15) is 5.26 Å². The summed E-state index contributed by atoms with van der Waals surface area (Å²) in [5, 5.41) is 20.3. The van der Waals surface area contributed by atoms with Gasteiger partial charge in [-0.3, -0.25) is 9.52 Å². The number of hydrogen-bond donors (Lipinski definition) is 2. The molecule has 188 valence electrons. The van der Waals surface area contributed by atoms with Crippen molar-refractivity contribution in [2.24, 2.45) is 17.8 Å². The summed E-state index contributed by atoms with van der Waals surface area (Å²) in [6.07, 6.45) is 7.26. The van der Waals surface area contributed by atoms with Crippen molar-refractivity contribution in [1.82, 2.24) is 0 Å². The van der Waals surface area contributed by atoms with Gasteiger partial charge in [0.25, 0.3) is 10.0 Å². The van der Waals surface area contributed by atoms with E-state index in [2.05, 4.69) is 4.72 Å². The van der Waals surface area contributed by atoms with Crippen LogP contribution in [0.25, 0.3) is 0 Å². The number of fused-ring (bicyclic) bond motifs is 1. The fourth-order valence-electron chi connectivity index (χ4n) is 5.10. The van der Waals surface area contributed by atoms with Crippen molar-refractivity contribution in [1.29, 1.82) is 5.26 Å². The first kappa shape index (κ1) is 25.7. The number of allylic oxidation sites excluding steroid dienone is 3. The summed E-state index contributed by atoms with van der Waals surface area (Å²) in [6, 6.07) is 14.5. The Labute approximate surface area is 212 Å². The predicted octanol–water partition coefficient (Wildman–Crippen LogP) is 4.87. The Morgan fingerprint density at radius 2 is 1.92 bits per heavy atom. The molecule has 1 aliphatic carbocycles. The molecule has 8 heteroatoms. The average molecular weight is 507 g/mol. The van der Waals surface area contributed by atoms with Gasteiger partial charge in [0.1, 0.15) is 5.76 Å². The number of esters is 1. The summed E-state index contributed by atoms with van der Waals surface area (Å²) in [4.78, 5) is 13.2. The first-order chi connectivity index (χ1) is 17.2. The summed E-state index contributed by atoms with van der Waals surface area (Å²) in [6.45, 7) is 3.95. The van der Waals surface area contributed by atoms with E-state index in [1.54, 1.807) is 24.3 Å². The van der Waals surface area contributed by atoms with Gasteiger partial charge in [0.15, 0.2) is 0 Å². The Kier molecular flexibility index (Phi) is 7.62. The average Bonchev–Trinajstić information content (AvgIpc) is 2.82. The monoisotopic (exact) mass is 506 g/mol. The second-order valence-corrected chi connectivity index (χ2v) is 11.3. The van der Waals surface area contributed by atoms with Gasteiger partial charge < -0.3 is 9.84 Å². The molecule has 0 amide bonds. The highest BCUT2D eigenvalue weighted by Gasteiger charge is 2.47. The van der Waals surface area contributed by atoms with Crippen LogP contribution in [0.5, 0.6) is 0 Å². The number of rotatable bonds is 6. The lowest BCUT2D eigenvalue weighted by Gasteiger charge is -2.40. The Morgan fingerprint density at radius 3 is 2.61 bits per heavy atom. The zero-order chi connectivity index (χ0) is 25.9. The highest BCUT2D eigenvalue weighted by atomic mass is 32.2. The smallest absolute Gasteiger partial charge is 0.317 e. The third-order valence-corrected chi connectivity index (χ3v) is 8.24. The molecule has 0 aromatic heterocycles. The normalized spacial score (nSPS) is 22.9. The maximum Gasteiger partial charge on any atom is 0.317 e. The maximum absolute atomic E-state index is 13.1. The minimum atomic E-state index is -3.89. The molecule has 2 aliphatic rings. The van der Waals surface area contributed by atoms with E-state index >= 15 is 0 Å². The molecular weight excluding hydrogens is 476 g/mol. The third kappa shape index (κ3) is 5.38. The van der Waals surface area contributed by atoms with Crippen LogP contribution in [0.4, 0.5) is 5.69 Å². The second-order valence-electron chi connectivity index (χ2n) is 9.61. The largest absolute Gasteiger partial charge is 0.430 e. The lowest BCUT2D eigenvalue weighted by Crippen LogP contribution is -2.46. The molecular formula is C28H30N2O5S. The fourth-order valence-corrected chi connectivity index (χ4v) is 6.15. The molecule has 2 N–H and O–H groups in total. The number of benzene rings is 2. The molecule has 4 unspecified atom stereocenters.